The summed E-state index contributed by atoms with van der Waals surface area (Å²) in [5, 5.41) is 0. The molecule has 0 fully saturated rings. The summed E-state index contributed by atoms with van der Waals surface area (Å²) >= 11 is 1.85. The molecule has 0 saturated carbocycles. The molecule has 1 aromatic rings. The van der Waals surface area contributed by atoms with Crippen LogP contribution >= 0.6 is 11.8 Å². The van der Waals surface area contributed by atoms with E-state index in [2.05, 4.69) is 30.1 Å². The van der Waals surface area contributed by atoms with Gasteiger partial charge >= 0.3 is 0 Å². The van der Waals surface area contributed by atoms with Crippen molar-refractivity contribution < 1.29 is 0 Å². The Bertz CT molecular complexity index is 328. The maximum atomic E-state index is 5.74. The van der Waals surface area contributed by atoms with Crippen molar-refractivity contribution in [3.05, 3.63) is 17.8 Å². The van der Waals surface area contributed by atoms with Crippen LogP contribution in [-0.2, 0) is 0 Å². The highest BCUT2D eigenvalue weighted by Gasteiger charge is 2.10. The van der Waals surface area contributed by atoms with Crippen LogP contribution in [0.15, 0.2) is 12.1 Å². The minimum absolute atomic E-state index is 0.482. The number of aromatic nitrogens is 1. The van der Waals surface area contributed by atoms with Crippen molar-refractivity contribution in [1.29, 1.82) is 0 Å². The summed E-state index contributed by atoms with van der Waals surface area (Å²) in [4.78, 5) is 6.65. The third kappa shape index (κ3) is 3.02. The number of pyridine rings is 1. The van der Waals surface area contributed by atoms with Gasteiger partial charge in [-0.1, -0.05) is 0 Å². The van der Waals surface area contributed by atoms with Crippen LogP contribution in [0, 0.1) is 6.92 Å². The first kappa shape index (κ1) is 12.2. The summed E-state index contributed by atoms with van der Waals surface area (Å²) in [5.41, 5.74) is 7.39. The summed E-state index contributed by atoms with van der Waals surface area (Å²) in [5.74, 6) is 2.09. The van der Waals surface area contributed by atoms with Crippen LogP contribution in [0.25, 0.3) is 0 Å². The molecule has 0 aromatic carbocycles. The molecular weight excluding hydrogens is 206 g/mol. The molecule has 0 saturated heterocycles. The molecule has 0 bridgehead atoms. The van der Waals surface area contributed by atoms with Gasteiger partial charge in [0.1, 0.15) is 5.82 Å². The molecule has 84 valence electrons. The van der Waals surface area contributed by atoms with Crippen molar-refractivity contribution in [3.8, 4) is 0 Å². The Morgan fingerprint density at radius 1 is 1.53 bits per heavy atom. The zero-order chi connectivity index (χ0) is 11.4. The van der Waals surface area contributed by atoms with Gasteiger partial charge in [0, 0.05) is 18.8 Å². The third-order valence-corrected chi connectivity index (χ3v) is 3.36. The van der Waals surface area contributed by atoms with Crippen LogP contribution in [0.4, 0.5) is 11.5 Å². The summed E-state index contributed by atoms with van der Waals surface area (Å²) in [6, 6.07) is 4.37. The van der Waals surface area contributed by atoms with Crippen LogP contribution < -0.4 is 10.6 Å². The third-order valence-electron chi connectivity index (χ3n) is 2.54. The van der Waals surface area contributed by atoms with Gasteiger partial charge in [-0.05, 0) is 32.2 Å². The molecule has 1 rings (SSSR count). The van der Waals surface area contributed by atoms with E-state index < -0.39 is 0 Å². The van der Waals surface area contributed by atoms with E-state index in [4.69, 9.17) is 5.73 Å². The minimum Gasteiger partial charge on any atom is -0.397 e. The molecule has 1 heterocycles. The summed E-state index contributed by atoms with van der Waals surface area (Å²) in [6.07, 6.45) is 2.12. The summed E-state index contributed by atoms with van der Waals surface area (Å²) < 4.78 is 0. The number of hydrogen-bond donors (Lipinski definition) is 1. The molecule has 2 N–H and O–H groups in total. The lowest BCUT2D eigenvalue weighted by Crippen LogP contribution is -2.31. The molecule has 0 radical (unpaired) electrons. The molecule has 1 atom stereocenters. The highest BCUT2D eigenvalue weighted by Crippen LogP contribution is 2.17. The van der Waals surface area contributed by atoms with Crippen LogP contribution in [-0.4, -0.2) is 30.1 Å². The van der Waals surface area contributed by atoms with E-state index in [0.29, 0.717) is 6.04 Å². The smallest absolute Gasteiger partial charge is 0.128 e. The highest BCUT2D eigenvalue weighted by molar-refractivity contribution is 7.98. The van der Waals surface area contributed by atoms with Crippen molar-refractivity contribution in [3.63, 3.8) is 0 Å². The summed E-state index contributed by atoms with van der Waals surface area (Å²) in [6.45, 7) is 4.13. The van der Waals surface area contributed by atoms with Gasteiger partial charge in [0.2, 0.25) is 0 Å². The number of thioether (sulfide) groups is 1. The Kier molecular flexibility index (Phi) is 4.27. The Balaban J connectivity index is 2.81. The Hall–Kier alpha value is -0.900. The molecule has 0 spiro atoms. The van der Waals surface area contributed by atoms with Crippen molar-refractivity contribution in [1.82, 2.24) is 4.98 Å². The van der Waals surface area contributed by atoms with E-state index in [1.165, 1.54) is 0 Å². The maximum Gasteiger partial charge on any atom is 0.128 e. The van der Waals surface area contributed by atoms with Gasteiger partial charge in [0.25, 0.3) is 0 Å². The minimum atomic E-state index is 0.482. The number of rotatable bonds is 4. The average Bonchev–Trinajstić information content (AvgIpc) is 2.21. The quantitative estimate of drug-likeness (QED) is 0.852. The van der Waals surface area contributed by atoms with Crippen LogP contribution in [0.1, 0.15) is 12.6 Å². The number of nitrogens with two attached hydrogens (primary N) is 1. The second kappa shape index (κ2) is 5.26. The Morgan fingerprint density at radius 3 is 2.73 bits per heavy atom. The van der Waals surface area contributed by atoms with Gasteiger partial charge in [0.05, 0.1) is 11.4 Å². The first-order chi connectivity index (χ1) is 7.06. The van der Waals surface area contributed by atoms with Gasteiger partial charge < -0.3 is 10.6 Å². The molecule has 1 unspecified atom stereocenters. The van der Waals surface area contributed by atoms with Gasteiger partial charge in [-0.2, -0.15) is 11.8 Å². The van der Waals surface area contributed by atoms with Crippen molar-refractivity contribution in [2.75, 3.05) is 29.7 Å². The maximum absolute atomic E-state index is 5.74. The molecule has 15 heavy (non-hydrogen) atoms. The molecule has 0 aliphatic carbocycles. The van der Waals surface area contributed by atoms with Crippen molar-refractivity contribution in [2.24, 2.45) is 0 Å². The number of hydrogen-bond acceptors (Lipinski definition) is 4. The monoisotopic (exact) mass is 225 g/mol. The fourth-order valence-electron chi connectivity index (χ4n) is 1.33. The molecule has 4 heteroatoms. The molecule has 0 amide bonds. The molecule has 1 aromatic heterocycles. The lowest BCUT2D eigenvalue weighted by Gasteiger charge is -2.25. The van der Waals surface area contributed by atoms with Crippen LogP contribution in [0.3, 0.4) is 0 Å². The summed E-state index contributed by atoms with van der Waals surface area (Å²) in [7, 11) is 2.07. The van der Waals surface area contributed by atoms with Gasteiger partial charge in [-0.25, -0.2) is 4.98 Å². The number of nitrogens with zero attached hydrogens (tertiary/aromatic N) is 2. The fourth-order valence-corrected chi connectivity index (χ4v) is 2.04. The van der Waals surface area contributed by atoms with E-state index in [1.807, 2.05) is 30.8 Å². The topological polar surface area (TPSA) is 42.1 Å². The van der Waals surface area contributed by atoms with Gasteiger partial charge in [0.15, 0.2) is 0 Å². The first-order valence-electron chi connectivity index (χ1n) is 5.01. The number of nitrogen functional groups attached to an aromatic ring is 1. The van der Waals surface area contributed by atoms with Crippen LogP contribution in [0.5, 0.6) is 0 Å². The zero-order valence-electron chi connectivity index (χ0n) is 9.82. The normalized spacial score (nSPS) is 12.5. The SMILES string of the molecule is CSCC(C)N(C)c1ccc(N)c(C)n1. The second-order valence-electron chi connectivity index (χ2n) is 3.76. The predicted octanol–water partition coefficient (Wildman–Crippen LogP) is 2.16. The molecule has 0 aliphatic heterocycles. The van der Waals surface area contributed by atoms with E-state index in [9.17, 15) is 0 Å². The number of aryl methyl sites for hydroxylation is 1. The van der Waals surface area contributed by atoms with Gasteiger partial charge in [-0.3, -0.25) is 0 Å². The van der Waals surface area contributed by atoms with E-state index >= 15 is 0 Å². The Morgan fingerprint density at radius 2 is 2.20 bits per heavy atom. The fraction of sp³-hybridized carbons (Fsp3) is 0.545. The predicted molar refractivity (Wildman–Crippen MR) is 69.6 cm³/mol. The highest BCUT2D eigenvalue weighted by atomic mass is 32.2. The lowest BCUT2D eigenvalue weighted by atomic mass is 10.3. The average molecular weight is 225 g/mol. The first-order valence-corrected chi connectivity index (χ1v) is 6.40. The standard InChI is InChI=1S/C11H19N3S/c1-8(7-15-4)14(3)11-6-5-10(12)9(2)13-11/h5-6,8H,7,12H2,1-4H3. The van der Waals surface area contributed by atoms with Crippen LogP contribution in [0.2, 0.25) is 0 Å². The molecule has 3 nitrogen and oxygen atoms in total. The van der Waals surface area contributed by atoms with E-state index in [0.717, 1.165) is 23.0 Å². The van der Waals surface area contributed by atoms with Crippen molar-refractivity contribution in [2.45, 2.75) is 19.9 Å². The lowest BCUT2D eigenvalue weighted by molar-refractivity contribution is 0.752. The van der Waals surface area contributed by atoms with Gasteiger partial charge in [-0.15, -0.1) is 0 Å². The number of anilines is 2. The van der Waals surface area contributed by atoms with Crippen molar-refractivity contribution >= 4 is 23.3 Å². The van der Waals surface area contributed by atoms with E-state index in [1.54, 1.807) is 0 Å². The molecule has 0 aliphatic rings. The van der Waals surface area contributed by atoms with E-state index in [-0.39, 0.29) is 0 Å². The Labute approximate surface area is 96.1 Å². The second-order valence-corrected chi connectivity index (χ2v) is 4.67. The molecular formula is C11H19N3S. The largest absolute Gasteiger partial charge is 0.397 e. The zero-order valence-corrected chi connectivity index (χ0v) is 10.6.